The Morgan fingerprint density at radius 3 is 3.04 bits per heavy atom. The predicted molar refractivity (Wildman–Crippen MR) is 100 cm³/mol. The number of carbonyl (C=O) groups excluding carboxylic acids is 1. The van der Waals surface area contributed by atoms with Gasteiger partial charge in [-0.2, -0.15) is 5.10 Å². The molecule has 0 saturated carbocycles. The SMILES string of the molecule is O=C(NCc1cccc2c1OCCO2)c1cc(-c2ccc3[nH]ncc3c2)on1. The third-order valence-corrected chi connectivity index (χ3v) is 4.55. The monoisotopic (exact) mass is 376 g/mol. The van der Waals surface area contributed by atoms with E-state index in [1.54, 1.807) is 12.3 Å². The summed E-state index contributed by atoms with van der Waals surface area (Å²) in [4.78, 5) is 12.5. The Labute approximate surface area is 159 Å². The standard InChI is InChI=1S/C20H16N4O4/c25-20(21-10-13-2-1-3-17-19(13)27-7-6-26-17)16-9-18(28-24-16)12-4-5-15-14(8-12)11-22-23-15/h1-5,8-9,11H,6-7,10H2,(H,21,25)(H,22,23). The number of nitrogens with one attached hydrogen (secondary N) is 2. The molecule has 0 bridgehead atoms. The molecule has 1 aliphatic heterocycles. The first kappa shape index (κ1) is 16.4. The van der Waals surface area contributed by atoms with Crippen LogP contribution in [0.1, 0.15) is 16.1 Å². The number of ether oxygens (including phenoxy) is 2. The van der Waals surface area contributed by atoms with Crippen LogP contribution in [-0.4, -0.2) is 34.5 Å². The van der Waals surface area contributed by atoms with Gasteiger partial charge in [-0.1, -0.05) is 17.3 Å². The first-order valence-corrected chi connectivity index (χ1v) is 8.84. The lowest BCUT2D eigenvalue weighted by atomic mass is 10.1. The van der Waals surface area contributed by atoms with Gasteiger partial charge in [-0.15, -0.1) is 0 Å². The van der Waals surface area contributed by atoms with Crippen LogP contribution in [0.15, 0.2) is 53.2 Å². The van der Waals surface area contributed by atoms with Crippen LogP contribution in [0.4, 0.5) is 0 Å². The zero-order valence-corrected chi connectivity index (χ0v) is 14.8. The van der Waals surface area contributed by atoms with Gasteiger partial charge in [0.25, 0.3) is 5.91 Å². The van der Waals surface area contributed by atoms with Gasteiger partial charge < -0.3 is 19.3 Å². The van der Waals surface area contributed by atoms with Crippen molar-refractivity contribution in [3.8, 4) is 22.8 Å². The lowest BCUT2D eigenvalue weighted by Crippen LogP contribution is -2.24. The van der Waals surface area contributed by atoms with Crippen LogP contribution < -0.4 is 14.8 Å². The van der Waals surface area contributed by atoms with Crippen molar-refractivity contribution in [2.45, 2.75) is 6.54 Å². The van der Waals surface area contributed by atoms with Gasteiger partial charge >= 0.3 is 0 Å². The highest BCUT2D eigenvalue weighted by atomic mass is 16.6. The van der Waals surface area contributed by atoms with E-state index in [2.05, 4.69) is 20.7 Å². The number of amides is 1. The van der Waals surface area contributed by atoms with Crippen molar-refractivity contribution in [1.82, 2.24) is 20.7 Å². The summed E-state index contributed by atoms with van der Waals surface area (Å²) < 4.78 is 16.6. The van der Waals surface area contributed by atoms with Gasteiger partial charge in [0, 0.05) is 29.1 Å². The van der Waals surface area contributed by atoms with E-state index >= 15 is 0 Å². The van der Waals surface area contributed by atoms with Crippen molar-refractivity contribution in [3.05, 3.63) is 59.9 Å². The highest BCUT2D eigenvalue weighted by Gasteiger charge is 2.18. The number of benzene rings is 2. The Balaban J connectivity index is 1.31. The van der Waals surface area contributed by atoms with Crippen LogP contribution in [-0.2, 0) is 6.54 Å². The Bertz CT molecular complexity index is 1160. The van der Waals surface area contributed by atoms with Gasteiger partial charge in [-0.05, 0) is 24.3 Å². The van der Waals surface area contributed by atoms with E-state index in [0.717, 1.165) is 22.0 Å². The number of hydrogen-bond donors (Lipinski definition) is 2. The zero-order chi connectivity index (χ0) is 18.9. The summed E-state index contributed by atoms with van der Waals surface area (Å²) in [6, 6.07) is 12.9. The highest BCUT2D eigenvalue weighted by molar-refractivity contribution is 5.93. The van der Waals surface area contributed by atoms with Gasteiger partial charge in [0.05, 0.1) is 11.7 Å². The number of H-pyrrole nitrogens is 1. The molecule has 8 nitrogen and oxygen atoms in total. The van der Waals surface area contributed by atoms with Gasteiger partial charge in [0.1, 0.15) is 13.2 Å². The summed E-state index contributed by atoms with van der Waals surface area (Å²) >= 11 is 0. The summed E-state index contributed by atoms with van der Waals surface area (Å²) in [6.45, 7) is 1.31. The Morgan fingerprint density at radius 2 is 2.07 bits per heavy atom. The molecule has 2 aromatic heterocycles. The van der Waals surface area contributed by atoms with Crippen molar-refractivity contribution >= 4 is 16.8 Å². The molecule has 2 N–H and O–H groups in total. The van der Waals surface area contributed by atoms with E-state index < -0.39 is 0 Å². The van der Waals surface area contributed by atoms with Crippen LogP contribution in [0.5, 0.6) is 11.5 Å². The molecule has 3 heterocycles. The van der Waals surface area contributed by atoms with E-state index in [9.17, 15) is 4.79 Å². The lowest BCUT2D eigenvalue weighted by molar-refractivity contribution is 0.0941. The van der Waals surface area contributed by atoms with Crippen molar-refractivity contribution in [2.24, 2.45) is 0 Å². The van der Waals surface area contributed by atoms with Crippen LogP contribution in [0.2, 0.25) is 0 Å². The number of nitrogens with zero attached hydrogens (tertiary/aromatic N) is 2. The lowest BCUT2D eigenvalue weighted by Gasteiger charge is -2.20. The quantitative estimate of drug-likeness (QED) is 0.568. The molecule has 28 heavy (non-hydrogen) atoms. The second-order valence-electron chi connectivity index (χ2n) is 6.37. The maximum atomic E-state index is 12.5. The number of aromatic nitrogens is 3. The molecule has 0 saturated heterocycles. The summed E-state index contributed by atoms with van der Waals surface area (Å²) in [6.07, 6.45) is 1.73. The zero-order valence-electron chi connectivity index (χ0n) is 14.8. The van der Waals surface area contributed by atoms with E-state index in [-0.39, 0.29) is 11.6 Å². The van der Waals surface area contributed by atoms with E-state index in [0.29, 0.717) is 37.0 Å². The third-order valence-electron chi connectivity index (χ3n) is 4.55. The Hall–Kier alpha value is -3.81. The average molecular weight is 376 g/mol. The van der Waals surface area contributed by atoms with Crippen LogP contribution >= 0.6 is 0 Å². The average Bonchev–Trinajstić information content (AvgIpc) is 3.41. The molecular formula is C20H16N4O4. The third kappa shape index (κ3) is 2.94. The fraction of sp³-hybridized carbons (Fsp3) is 0.150. The maximum Gasteiger partial charge on any atom is 0.273 e. The summed E-state index contributed by atoms with van der Waals surface area (Å²) in [7, 11) is 0. The Kier molecular flexibility index (Phi) is 3.93. The van der Waals surface area contributed by atoms with Gasteiger partial charge in [-0.3, -0.25) is 9.89 Å². The minimum Gasteiger partial charge on any atom is -0.486 e. The maximum absolute atomic E-state index is 12.5. The molecule has 5 rings (SSSR count). The molecule has 0 spiro atoms. The number of fused-ring (bicyclic) bond motifs is 2. The van der Waals surface area contributed by atoms with Gasteiger partial charge in [0.15, 0.2) is 23.0 Å². The molecule has 0 aliphatic carbocycles. The number of hydrogen-bond acceptors (Lipinski definition) is 6. The molecule has 4 aromatic rings. The van der Waals surface area contributed by atoms with E-state index in [4.69, 9.17) is 14.0 Å². The van der Waals surface area contributed by atoms with Crippen LogP contribution in [0.25, 0.3) is 22.2 Å². The molecule has 0 radical (unpaired) electrons. The normalized spacial score (nSPS) is 12.9. The largest absolute Gasteiger partial charge is 0.486 e. The fourth-order valence-corrected chi connectivity index (χ4v) is 3.15. The first-order valence-electron chi connectivity index (χ1n) is 8.84. The topological polar surface area (TPSA) is 102 Å². The predicted octanol–water partition coefficient (Wildman–Crippen LogP) is 2.92. The summed E-state index contributed by atoms with van der Waals surface area (Å²) in [5, 5.41) is 14.6. The van der Waals surface area contributed by atoms with Gasteiger partial charge in [0.2, 0.25) is 0 Å². The highest BCUT2D eigenvalue weighted by Crippen LogP contribution is 2.33. The van der Waals surface area contributed by atoms with Crippen LogP contribution in [0, 0.1) is 0 Å². The summed E-state index contributed by atoms with van der Waals surface area (Å²) in [5.74, 6) is 1.55. The van der Waals surface area contributed by atoms with Gasteiger partial charge in [-0.25, -0.2) is 0 Å². The number of carbonyl (C=O) groups is 1. The molecular weight excluding hydrogens is 360 g/mol. The molecule has 0 unspecified atom stereocenters. The van der Waals surface area contributed by atoms with E-state index in [1.165, 1.54) is 0 Å². The smallest absolute Gasteiger partial charge is 0.273 e. The minimum atomic E-state index is -0.325. The fourth-order valence-electron chi connectivity index (χ4n) is 3.15. The number of aromatic amines is 1. The molecule has 8 heteroatoms. The Morgan fingerprint density at radius 1 is 1.14 bits per heavy atom. The molecule has 140 valence electrons. The van der Waals surface area contributed by atoms with Crippen molar-refractivity contribution in [2.75, 3.05) is 13.2 Å². The van der Waals surface area contributed by atoms with Crippen molar-refractivity contribution in [1.29, 1.82) is 0 Å². The second-order valence-corrected chi connectivity index (χ2v) is 6.37. The van der Waals surface area contributed by atoms with E-state index in [1.807, 2.05) is 36.4 Å². The molecule has 0 fully saturated rings. The first-order chi connectivity index (χ1) is 13.8. The molecule has 2 aromatic carbocycles. The number of para-hydroxylation sites is 1. The van der Waals surface area contributed by atoms with Crippen molar-refractivity contribution in [3.63, 3.8) is 0 Å². The number of rotatable bonds is 4. The van der Waals surface area contributed by atoms with Crippen LogP contribution in [0.3, 0.4) is 0 Å². The minimum absolute atomic E-state index is 0.212. The summed E-state index contributed by atoms with van der Waals surface area (Å²) in [5.41, 5.74) is 2.81. The molecule has 1 aliphatic rings. The molecule has 0 atom stereocenters. The second kappa shape index (κ2) is 6.73. The molecule has 1 amide bonds. The van der Waals surface area contributed by atoms with Crippen molar-refractivity contribution < 1.29 is 18.8 Å².